The average molecular weight is 301 g/mol. The first-order valence-corrected chi connectivity index (χ1v) is 7.34. The number of H-pyrrole nitrogens is 2. The number of hydrogen-bond donors (Lipinski definition) is 3. The van der Waals surface area contributed by atoms with Gasteiger partial charge in [0.1, 0.15) is 0 Å². The van der Waals surface area contributed by atoms with Crippen LogP contribution >= 0.6 is 0 Å². The van der Waals surface area contributed by atoms with E-state index in [1.165, 1.54) is 10.8 Å². The molecule has 3 N–H and O–H groups in total. The van der Waals surface area contributed by atoms with E-state index in [-0.39, 0.29) is 0 Å². The van der Waals surface area contributed by atoms with Crippen molar-refractivity contribution in [3.63, 3.8) is 0 Å². The molecule has 2 aromatic carbocycles. The smallest absolute Gasteiger partial charge is 0.222 e. The Labute approximate surface area is 132 Å². The Balaban J connectivity index is 1.57. The Kier molecular flexibility index (Phi) is 2.40. The molecule has 111 valence electrons. The maximum atomic E-state index is 4.07. The van der Waals surface area contributed by atoms with Crippen molar-refractivity contribution in [2.45, 2.75) is 0 Å². The van der Waals surface area contributed by atoms with Crippen molar-refractivity contribution in [3.8, 4) is 0 Å². The number of nitrogens with one attached hydrogen (secondary N) is 3. The van der Waals surface area contributed by atoms with Crippen molar-refractivity contribution in [1.29, 1.82) is 0 Å². The van der Waals surface area contributed by atoms with Gasteiger partial charge in [-0.3, -0.25) is 0 Å². The number of benzene rings is 2. The predicted molar refractivity (Wildman–Crippen MR) is 92.1 cm³/mol. The molecular weight excluding hydrogens is 288 g/mol. The number of nitrogens with zero attached hydrogens (tertiary/aromatic N) is 3. The normalized spacial score (nSPS) is 14.1. The standard InChI is InChI=1S/C17H13N6/c1-3-14(9-16-12(1)5-7-18-16)22-11-20-21-23(22)15-4-2-13-6-8-19-17(13)10-15/h1-10,18-19,21H. The van der Waals surface area contributed by atoms with Crippen LogP contribution in [0.15, 0.2) is 66.0 Å². The van der Waals surface area contributed by atoms with Gasteiger partial charge in [-0.05, 0) is 47.2 Å². The Morgan fingerprint density at radius 2 is 1.43 bits per heavy atom. The molecule has 1 radical (unpaired) electrons. The summed E-state index contributed by atoms with van der Waals surface area (Å²) in [5.41, 5.74) is 7.07. The zero-order chi connectivity index (χ0) is 15.2. The molecule has 6 heteroatoms. The summed E-state index contributed by atoms with van der Waals surface area (Å²) in [6.07, 6.45) is 6.84. The molecule has 5 rings (SSSR count). The van der Waals surface area contributed by atoms with E-state index in [1.54, 1.807) is 0 Å². The fraction of sp³-hybridized carbons (Fsp3) is 0. The van der Waals surface area contributed by atoms with Gasteiger partial charge in [0, 0.05) is 23.4 Å². The van der Waals surface area contributed by atoms with Gasteiger partial charge in [-0.1, -0.05) is 12.1 Å². The Morgan fingerprint density at radius 1 is 0.783 bits per heavy atom. The summed E-state index contributed by atoms with van der Waals surface area (Å²) in [6.45, 7) is 0. The Hall–Kier alpha value is -3.41. The van der Waals surface area contributed by atoms with Gasteiger partial charge in [-0.15, -0.1) is 5.10 Å². The predicted octanol–water partition coefficient (Wildman–Crippen LogP) is 3.22. The first kappa shape index (κ1) is 12.2. The van der Waals surface area contributed by atoms with Crippen LogP contribution < -0.4 is 15.7 Å². The third-order valence-electron chi connectivity index (χ3n) is 4.06. The van der Waals surface area contributed by atoms with Crippen molar-refractivity contribution >= 4 is 39.5 Å². The van der Waals surface area contributed by atoms with Gasteiger partial charge in [-0.2, -0.15) is 10.7 Å². The molecule has 0 bridgehead atoms. The van der Waals surface area contributed by atoms with Crippen LogP contribution in [0.4, 0.5) is 11.4 Å². The lowest BCUT2D eigenvalue weighted by molar-refractivity contribution is 0.724. The zero-order valence-electron chi connectivity index (χ0n) is 12.1. The lowest BCUT2D eigenvalue weighted by atomic mass is 10.2. The molecule has 0 unspecified atom stereocenters. The molecule has 1 aliphatic heterocycles. The first-order chi connectivity index (χ1) is 11.4. The quantitative estimate of drug-likeness (QED) is 0.533. The summed E-state index contributed by atoms with van der Waals surface area (Å²) in [5.74, 6) is 0. The maximum Gasteiger partial charge on any atom is 0.222 e. The number of aromatic nitrogens is 2. The van der Waals surface area contributed by atoms with Gasteiger partial charge >= 0.3 is 0 Å². The number of aromatic amines is 2. The van der Waals surface area contributed by atoms with E-state index in [4.69, 9.17) is 0 Å². The van der Waals surface area contributed by atoms with E-state index in [0.717, 1.165) is 22.4 Å². The molecule has 4 aromatic rings. The van der Waals surface area contributed by atoms with Crippen molar-refractivity contribution in [2.24, 2.45) is 5.10 Å². The highest BCUT2D eigenvalue weighted by Crippen LogP contribution is 2.27. The van der Waals surface area contributed by atoms with Crippen LogP contribution in [0.25, 0.3) is 21.8 Å². The topological polar surface area (TPSA) is 62.5 Å². The monoisotopic (exact) mass is 301 g/mol. The van der Waals surface area contributed by atoms with Crippen LogP contribution in [0.5, 0.6) is 0 Å². The second-order valence-electron chi connectivity index (χ2n) is 5.43. The largest absolute Gasteiger partial charge is 0.361 e. The van der Waals surface area contributed by atoms with E-state index in [0.29, 0.717) is 0 Å². The first-order valence-electron chi connectivity index (χ1n) is 7.34. The summed E-state index contributed by atoms with van der Waals surface area (Å²) in [6, 6.07) is 16.5. The van der Waals surface area contributed by atoms with Crippen molar-refractivity contribution in [3.05, 3.63) is 60.9 Å². The van der Waals surface area contributed by atoms with Crippen LogP contribution in [0.1, 0.15) is 0 Å². The van der Waals surface area contributed by atoms with Crippen LogP contribution in [0.2, 0.25) is 0 Å². The van der Waals surface area contributed by atoms with Crippen molar-refractivity contribution < 1.29 is 0 Å². The van der Waals surface area contributed by atoms with Gasteiger partial charge in [0.15, 0.2) is 0 Å². The second-order valence-corrected chi connectivity index (χ2v) is 5.43. The Bertz CT molecular complexity index is 1030. The molecule has 0 atom stereocenters. The number of hydrazone groups is 1. The van der Waals surface area contributed by atoms with Gasteiger partial charge in [-0.25, -0.2) is 5.01 Å². The minimum atomic E-state index is 0.972. The number of hydrazine groups is 2. The van der Waals surface area contributed by atoms with Gasteiger partial charge in [0.2, 0.25) is 6.34 Å². The maximum absolute atomic E-state index is 4.07. The summed E-state index contributed by atoms with van der Waals surface area (Å²) in [7, 11) is 0. The molecule has 6 nitrogen and oxygen atoms in total. The van der Waals surface area contributed by atoms with E-state index in [9.17, 15) is 0 Å². The molecule has 0 aliphatic carbocycles. The minimum absolute atomic E-state index is 0.972. The highest BCUT2D eigenvalue weighted by atomic mass is 15.9. The number of anilines is 2. The van der Waals surface area contributed by atoms with Crippen molar-refractivity contribution in [2.75, 3.05) is 10.1 Å². The molecule has 2 aromatic heterocycles. The third-order valence-corrected chi connectivity index (χ3v) is 4.06. The third kappa shape index (κ3) is 1.85. The summed E-state index contributed by atoms with van der Waals surface area (Å²) in [5, 5.41) is 10.1. The average Bonchev–Trinajstić information content (AvgIpc) is 3.32. The fourth-order valence-corrected chi connectivity index (χ4v) is 2.89. The molecule has 0 fully saturated rings. The second kappa shape index (κ2) is 4.54. The van der Waals surface area contributed by atoms with Gasteiger partial charge in [0.05, 0.1) is 11.4 Å². The van der Waals surface area contributed by atoms with Gasteiger partial charge < -0.3 is 9.97 Å². The summed E-state index contributed by atoms with van der Waals surface area (Å²) >= 11 is 0. The zero-order valence-corrected chi connectivity index (χ0v) is 12.1. The fourth-order valence-electron chi connectivity index (χ4n) is 2.89. The van der Waals surface area contributed by atoms with E-state index in [1.807, 2.05) is 34.7 Å². The lowest BCUT2D eigenvalue weighted by Crippen LogP contribution is -2.43. The molecular formula is C17H13N6. The number of fused-ring (bicyclic) bond motifs is 2. The van der Waals surface area contributed by atoms with Crippen molar-refractivity contribution in [1.82, 2.24) is 15.5 Å². The SMILES string of the molecule is [C]1=NNN(c2ccc3cc[nH]c3c2)N1c1ccc2cc[nH]c2c1. The van der Waals surface area contributed by atoms with E-state index < -0.39 is 0 Å². The van der Waals surface area contributed by atoms with E-state index >= 15 is 0 Å². The highest BCUT2D eigenvalue weighted by Gasteiger charge is 2.21. The van der Waals surface area contributed by atoms with Gasteiger partial charge in [0.25, 0.3) is 0 Å². The summed E-state index contributed by atoms with van der Waals surface area (Å²) in [4.78, 5) is 6.46. The molecule has 0 amide bonds. The number of hydrogen-bond acceptors (Lipinski definition) is 4. The molecule has 0 saturated heterocycles. The van der Waals surface area contributed by atoms with Crippen LogP contribution in [-0.2, 0) is 0 Å². The molecule has 0 spiro atoms. The van der Waals surface area contributed by atoms with Crippen LogP contribution in [0.3, 0.4) is 0 Å². The lowest BCUT2D eigenvalue weighted by Gasteiger charge is -2.27. The van der Waals surface area contributed by atoms with Crippen LogP contribution in [-0.4, -0.2) is 16.3 Å². The molecule has 0 saturated carbocycles. The molecule has 23 heavy (non-hydrogen) atoms. The highest BCUT2D eigenvalue weighted by molar-refractivity contribution is 5.91. The number of rotatable bonds is 2. The van der Waals surface area contributed by atoms with E-state index in [2.05, 4.69) is 63.3 Å². The van der Waals surface area contributed by atoms with Crippen LogP contribution in [0, 0.1) is 0 Å². The summed E-state index contributed by atoms with van der Waals surface area (Å²) < 4.78 is 0. The molecule has 3 heterocycles. The minimum Gasteiger partial charge on any atom is -0.361 e. The Morgan fingerprint density at radius 3 is 2.17 bits per heavy atom. The molecule has 1 aliphatic rings.